The van der Waals surface area contributed by atoms with Gasteiger partial charge in [-0.25, -0.2) is 4.79 Å². The largest absolute Gasteiger partial charge is 0.490 e. The summed E-state index contributed by atoms with van der Waals surface area (Å²) in [5.74, 6) is 2.59. The minimum atomic E-state index is -5.08. The van der Waals surface area contributed by atoms with Crippen molar-refractivity contribution in [2.45, 2.75) is 63.1 Å². The van der Waals surface area contributed by atoms with Crippen LogP contribution in [0.5, 0.6) is 0 Å². The molecule has 1 aromatic carbocycles. The molecule has 30 heavy (non-hydrogen) atoms. The highest BCUT2D eigenvalue weighted by atomic mass is 19.4. The molecule has 160 valence electrons. The summed E-state index contributed by atoms with van der Waals surface area (Å²) in [6.45, 7) is 1.07. The number of aryl methyl sites for hydroxylation is 1. The average Bonchev–Trinajstić information content (AvgIpc) is 3.12. The molecule has 5 aliphatic rings. The SMILES string of the molecule is O=C(O)C(F)(F)F.c1ccc2c(c1)CCn1c-2nnc1C12CC3CC(CC(C3)C1)C2. The van der Waals surface area contributed by atoms with E-state index in [9.17, 15) is 13.2 Å². The number of benzene rings is 1. The molecule has 4 saturated carbocycles. The number of carboxylic acid groups (broad SMARTS) is 1. The lowest BCUT2D eigenvalue weighted by Gasteiger charge is -2.56. The molecule has 4 fully saturated rings. The van der Waals surface area contributed by atoms with Crippen molar-refractivity contribution in [2.75, 3.05) is 0 Å². The van der Waals surface area contributed by atoms with Crippen molar-refractivity contribution in [2.24, 2.45) is 17.8 Å². The predicted molar refractivity (Wildman–Crippen MR) is 103 cm³/mol. The first-order valence-corrected chi connectivity index (χ1v) is 10.6. The minimum absolute atomic E-state index is 0.353. The zero-order valence-electron chi connectivity index (χ0n) is 16.5. The molecule has 4 bridgehead atoms. The van der Waals surface area contributed by atoms with Gasteiger partial charge in [0.15, 0.2) is 5.82 Å². The van der Waals surface area contributed by atoms with Crippen LogP contribution in [-0.4, -0.2) is 32.0 Å². The number of aromatic nitrogens is 3. The fourth-order valence-electron chi connectivity index (χ4n) is 6.68. The maximum Gasteiger partial charge on any atom is 0.490 e. The molecule has 1 aromatic heterocycles. The Balaban J connectivity index is 0.000000241. The summed E-state index contributed by atoms with van der Waals surface area (Å²) < 4.78 is 34.2. The summed E-state index contributed by atoms with van der Waals surface area (Å²) in [5, 5.41) is 16.6. The van der Waals surface area contributed by atoms with Crippen molar-refractivity contribution in [1.29, 1.82) is 0 Å². The van der Waals surface area contributed by atoms with Crippen LogP contribution < -0.4 is 0 Å². The zero-order valence-corrected chi connectivity index (χ0v) is 16.5. The number of alkyl halides is 3. The normalized spacial score (nSPS) is 30.8. The first-order chi connectivity index (χ1) is 14.2. The molecule has 0 spiro atoms. The molecule has 2 aromatic rings. The fourth-order valence-corrected chi connectivity index (χ4v) is 6.68. The van der Waals surface area contributed by atoms with Crippen LogP contribution in [0.2, 0.25) is 0 Å². The van der Waals surface area contributed by atoms with Gasteiger partial charge in [0.1, 0.15) is 5.82 Å². The number of fused-ring (bicyclic) bond motifs is 3. The topological polar surface area (TPSA) is 68.0 Å². The van der Waals surface area contributed by atoms with Gasteiger partial charge < -0.3 is 9.67 Å². The van der Waals surface area contributed by atoms with E-state index in [-0.39, 0.29) is 0 Å². The summed E-state index contributed by atoms with van der Waals surface area (Å²) >= 11 is 0. The second-order valence-corrected chi connectivity index (χ2v) is 9.41. The Morgan fingerprint density at radius 3 is 2.17 bits per heavy atom. The van der Waals surface area contributed by atoms with Crippen molar-refractivity contribution in [1.82, 2.24) is 14.8 Å². The summed E-state index contributed by atoms with van der Waals surface area (Å²) in [4.78, 5) is 8.90. The number of rotatable bonds is 1. The van der Waals surface area contributed by atoms with Gasteiger partial charge in [-0.1, -0.05) is 24.3 Å². The van der Waals surface area contributed by atoms with Crippen LogP contribution in [-0.2, 0) is 23.2 Å². The van der Waals surface area contributed by atoms with E-state index in [2.05, 4.69) is 33.9 Å². The molecule has 5 nitrogen and oxygen atoms in total. The third-order valence-electron chi connectivity index (χ3n) is 7.37. The second kappa shape index (κ2) is 6.82. The van der Waals surface area contributed by atoms with E-state index in [1.807, 2.05) is 0 Å². The third-order valence-corrected chi connectivity index (χ3v) is 7.37. The molecule has 0 radical (unpaired) electrons. The summed E-state index contributed by atoms with van der Waals surface area (Å²) in [5.41, 5.74) is 3.10. The molecule has 0 unspecified atom stereocenters. The van der Waals surface area contributed by atoms with E-state index in [4.69, 9.17) is 15.0 Å². The van der Waals surface area contributed by atoms with Crippen molar-refractivity contribution in [3.8, 4) is 11.4 Å². The molecule has 0 amide bonds. The highest BCUT2D eigenvalue weighted by molar-refractivity contribution is 5.73. The van der Waals surface area contributed by atoms with E-state index in [0.717, 1.165) is 36.5 Å². The van der Waals surface area contributed by atoms with Gasteiger partial charge in [-0.05, 0) is 68.3 Å². The maximum atomic E-state index is 10.6. The summed E-state index contributed by atoms with van der Waals surface area (Å²) in [6, 6.07) is 8.74. The van der Waals surface area contributed by atoms with Gasteiger partial charge in [0.25, 0.3) is 0 Å². The van der Waals surface area contributed by atoms with E-state index in [1.165, 1.54) is 55.5 Å². The van der Waals surface area contributed by atoms with Crippen molar-refractivity contribution in [3.63, 3.8) is 0 Å². The van der Waals surface area contributed by atoms with Gasteiger partial charge in [-0.3, -0.25) is 0 Å². The second-order valence-electron chi connectivity index (χ2n) is 9.41. The Morgan fingerprint density at radius 1 is 1.03 bits per heavy atom. The monoisotopic (exact) mass is 419 g/mol. The first-order valence-electron chi connectivity index (χ1n) is 10.6. The number of aliphatic carboxylic acids is 1. The number of nitrogens with zero attached hydrogens (tertiary/aromatic N) is 3. The predicted octanol–water partition coefficient (Wildman–Crippen LogP) is 4.60. The molecule has 8 heteroatoms. The molecule has 0 saturated heterocycles. The lowest BCUT2D eigenvalue weighted by Crippen LogP contribution is -2.49. The van der Waals surface area contributed by atoms with E-state index < -0.39 is 12.1 Å². The molecule has 1 aliphatic heterocycles. The molecule has 7 rings (SSSR count). The van der Waals surface area contributed by atoms with Gasteiger partial charge in [0.2, 0.25) is 0 Å². The molecule has 0 atom stereocenters. The lowest BCUT2D eigenvalue weighted by atomic mass is 9.49. The fraction of sp³-hybridized carbons (Fsp3) is 0.591. The van der Waals surface area contributed by atoms with Crippen molar-refractivity contribution < 1.29 is 23.1 Å². The van der Waals surface area contributed by atoms with E-state index in [0.29, 0.717) is 5.41 Å². The quantitative estimate of drug-likeness (QED) is 0.734. The molecular formula is C22H24F3N3O2. The number of carboxylic acids is 1. The minimum Gasteiger partial charge on any atom is -0.475 e. The molecular weight excluding hydrogens is 395 g/mol. The third kappa shape index (κ3) is 3.20. The number of carbonyl (C=O) groups is 1. The molecule has 2 heterocycles. The van der Waals surface area contributed by atoms with Gasteiger partial charge in [-0.2, -0.15) is 13.2 Å². The van der Waals surface area contributed by atoms with Gasteiger partial charge in [0.05, 0.1) is 0 Å². The van der Waals surface area contributed by atoms with Crippen LogP contribution in [0.25, 0.3) is 11.4 Å². The van der Waals surface area contributed by atoms with Crippen LogP contribution in [0.3, 0.4) is 0 Å². The smallest absolute Gasteiger partial charge is 0.475 e. The Labute approximate surface area is 172 Å². The van der Waals surface area contributed by atoms with E-state index >= 15 is 0 Å². The summed E-state index contributed by atoms with van der Waals surface area (Å²) in [6.07, 6.45) is 4.63. The molecule has 1 N–H and O–H groups in total. The lowest BCUT2D eigenvalue weighted by molar-refractivity contribution is -0.192. The van der Waals surface area contributed by atoms with Crippen LogP contribution in [0.1, 0.15) is 49.9 Å². The van der Waals surface area contributed by atoms with Crippen LogP contribution in [0, 0.1) is 17.8 Å². The highest BCUT2D eigenvalue weighted by Crippen LogP contribution is 2.60. The van der Waals surface area contributed by atoms with Crippen LogP contribution >= 0.6 is 0 Å². The van der Waals surface area contributed by atoms with Gasteiger partial charge in [-0.15, -0.1) is 10.2 Å². The Morgan fingerprint density at radius 2 is 1.60 bits per heavy atom. The van der Waals surface area contributed by atoms with Crippen molar-refractivity contribution >= 4 is 5.97 Å². The number of hydrogen-bond donors (Lipinski definition) is 1. The summed E-state index contributed by atoms with van der Waals surface area (Å²) in [7, 11) is 0. The number of halogens is 3. The Bertz CT molecular complexity index is 947. The standard InChI is InChI=1S/C20H23N3.C2HF3O2/c1-2-4-17-16(3-1)5-6-23-18(17)21-22-19(23)20-10-13-7-14(11-20)9-15(8-13)12-20;3-2(4,5)1(6)7/h1-4,13-15H,5-12H2;(H,6,7). The molecule has 4 aliphatic carbocycles. The maximum absolute atomic E-state index is 10.6. The Hall–Kier alpha value is -2.38. The number of hydrogen-bond acceptors (Lipinski definition) is 3. The van der Waals surface area contributed by atoms with Crippen molar-refractivity contribution in [3.05, 3.63) is 35.7 Å². The van der Waals surface area contributed by atoms with Crippen LogP contribution in [0.4, 0.5) is 13.2 Å². The van der Waals surface area contributed by atoms with Gasteiger partial charge >= 0.3 is 12.1 Å². The van der Waals surface area contributed by atoms with Crippen LogP contribution in [0.15, 0.2) is 24.3 Å². The van der Waals surface area contributed by atoms with E-state index in [1.54, 1.807) is 0 Å². The highest BCUT2D eigenvalue weighted by Gasteiger charge is 2.54. The zero-order chi connectivity index (χ0) is 21.1. The first kappa shape index (κ1) is 19.6. The Kier molecular flexibility index (Phi) is 4.45. The average molecular weight is 419 g/mol. The van der Waals surface area contributed by atoms with Gasteiger partial charge in [0, 0.05) is 17.5 Å².